The molecule has 1 unspecified atom stereocenters. The first kappa shape index (κ1) is 16.4. The van der Waals surface area contributed by atoms with E-state index in [-0.39, 0.29) is 23.4 Å². The second-order valence-corrected chi connectivity index (χ2v) is 6.34. The molecule has 0 amide bonds. The Bertz CT molecular complexity index is 704. The van der Waals surface area contributed by atoms with Crippen molar-refractivity contribution < 1.29 is 14.3 Å². The Hall–Kier alpha value is -2.42. The van der Waals surface area contributed by atoms with Gasteiger partial charge in [-0.2, -0.15) is 0 Å². The molecule has 24 heavy (non-hydrogen) atoms. The fourth-order valence-corrected chi connectivity index (χ4v) is 3.55. The predicted molar refractivity (Wildman–Crippen MR) is 93.5 cm³/mol. The minimum Gasteiger partial charge on any atom is -0.497 e. The van der Waals surface area contributed by atoms with E-state index >= 15 is 0 Å². The van der Waals surface area contributed by atoms with Gasteiger partial charge in [-0.05, 0) is 30.5 Å². The maximum atomic E-state index is 12.7. The van der Waals surface area contributed by atoms with Crippen LogP contribution in [0.5, 0.6) is 5.75 Å². The maximum Gasteiger partial charge on any atom is 0.163 e. The molecule has 0 aliphatic heterocycles. The SMILES string of the molecule is COc1ccc([C@@H](CC(=O)c2ccccc2)C2CCCC2=O)cc1. The van der Waals surface area contributed by atoms with Crippen molar-refractivity contribution in [1.29, 1.82) is 0 Å². The average molecular weight is 322 g/mol. The number of benzene rings is 2. The van der Waals surface area contributed by atoms with Crippen LogP contribution in [0.25, 0.3) is 0 Å². The van der Waals surface area contributed by atoms with Crippen LogP contribution in [0.3, 0.4) is 0 Å². The molecule has 2 atom stereocenters. The smallest absolute Gasteiger partial charge is 0.163 e. The van der Waals surface area contributed by atoms with Crippen LogP contribution in [-0.2, 0) is 4.79 Å². The van der Waals surface area contributed by atoms with Crippen LogP contribution in [0, 0.1) is 5.92 Å². The van der Waals surface area contributed by atoms with E-state index in [4.69, 9.17) is 4.74 Å². The van der Waals surface area contributed by atoms with Crippen LogP contribution in [0.15, 0.2) is 54.6 Å². The molecule has 2 aromatic carbocycles. The second-order valence-electron chi connectivity index (χ2n) is 6.34. The van der Waals surface area contributed by atoms with E-state index in [0.29, 0.717) is 18.4 Å². The van der Waals surface area contributed by atoms with Gasteiger partial charge in [0, 0.05) is 30.2 Å². The van der Waals surface area contributed by atoms with E-state index in [9.17, 15) is 9.59 Å². The van der Waals surface area contributed by atoms with Gasteiger partial charge in [0.2, 0.25) is 0 Å². The Morgan fingerprint density at radius 2 is 1.83 bits per heavy atom. The molecule has 2 aromatic rings. The standard InChI is InChI=1S/C21H22O3/c1-24-17-12-10-15(11-13-17)19(18-8-5-9-20(18)22)14-21(23)16-6-3-2-4-7-16/h2-4,6-7,10-13,18-19H,5,8-9,14H2,1H3/t18?,19-/m1/s1. The van der Waals surface area contributed by atoms with Gasteiger partial charge >= 0.3 is 0 Å². The molecule has 0 aromatic heterocycles. The van der Waals surface area contributed by atoms with Gasteiger partial charge in [-0.15, -0.1) is 0 Å². The van der Waals surface area contributed by atoms with Gasteiger partial charge in [0.25, 0.3) is 0 Å². The fourth-order valence-electron chi connectivity index (χ4n) is 3.55. The van der Waals surface area contributed by atoms with E-state index in [1.807, 2.05) is 54.6 Å². The normalized spacial score (nSPS) is 18.4. The number of carbonyl (C=O) groups is 2. The van der Waals surface area contributed by atoms with Crippen molar-refractivity contribution in [2.45, 2.75) is 31.6 Å². The molecule has 3 heteroatoms. The van der Waals surface area contributed by atoms with E-state index < -0.39 is 0 Å². The molecule has 0 bridgehead atoms. The van der Waals surface area contributed by atoms with Crippen LogP contribution in [0.1, 0.15) is 47.5 Å². The van der Waals surface area contributed by atoms with Crippen molar-refractivity contribution in [2.75, 3.05) is 7.11 Å². The summed E-state index contributed by atoms with van der Waals surface area (Å²) in [6, 6.07) is 17.1. The van der Waals surface area contributed by atoms with Crippen molar-refractivity contribution in [1.82, 2.24) is 0 Å². The summed E-state index contributed by atoms with van der Waals surface area (Å²) in [7, 11) is 1.63. The number of ether oxygens (including phenoxy) is 1. The van der Waals surface area contributed by atoms with Crippen LogP contribution in [0.4, 0.5) is 0 Å². The highest BCUT2D eigenvalue weighted by Crippen LogP contribution is 2.38. The summed E-state index contributed by atoms with van der Waals surface area (Å²) >= 11 is 0. The molecule has 124 valence electrons. The largest absolute Gasteiger partial charge is 0.497 e. The molecule has 1 saturated carbocycles. The molecule has 1 aliphatic carbocycles. The molecule has 0 N–H and O–H groups in total. The Morgan fingerprint density at radius 3 is 2.42 bits per heavy atom. The Labute approximate surface area is 142 Å². The lowest BCUT2D eigenvalue weighted by molar-refractivity contribution is -0.121. The number of hydrogen-bond donors (Lipinski definition) is 0. The van der Waals surface area contributed by atoms with Gasteiger partial charge in [0.15, 0.2) is 5.78 Å². The molecule has 1 fully saturated rings. The number of carbonyl (C=O) groups excluding carboxylic acids is 2. The fraction of sp³-hybridized carbons (Fsp3) is 0.333. The van der Waals surface area contributed by atoms with E-state index in [1.165, 1.54) is 0 Å². The van der Waals surface area contributed by atoms with E-state index in [1.54, 1.807) is 7.11 Å². The van der Waals surface area contributed by atoms with E-state index in [2.05, 4.69) is 0 Å². The quantitative estimate of drug-likeness (QED) is 0.739. The molecule has 3 rings (SSSR count). The van der Waals surface area contributed by atoms with Crippen LogP contribution >= 0.6 is 0 Å². The third-order valence-electron chi connectivity index (χ3n) is 4.88. The Balaban J connectivity index is 1.87. The molecule has 0 spiro atoms. The topological polar surface area (TPSA) is 43.4 Å². The average Bonchev–Trinajstić information content (AvgIpc) is 3.06. The lowest BCUT2D eigenvalue weighted by Crippen LogP contribution is -2.20. The highest BCUT2D eigenvalue weighted by atomic mass is 16.5. The lowest BCUT2D eigenvalue weighted by atomic mass is 9.80. The van der Waals surface area contributed by atoms with Crippen molar-refractivity contribution in [3.05, 3.63) is 65.7 Å². The number of hydrogen-bond acceptors (Lipinski definition) is 3. The minimum atomic E-state index is -0.0568. The van der Waals surface area contributed by atoms with Crippen molar-refractivity contribution in [2.24, 2.45) is 5.92 Å². The lowest BCUT2D eigenvalue weighted by Gasteiger charge is -2.22. The summed E-state index contributed by atoms with van der Waals surface area (Å²) in [5, 5.41) is 0. The molecular weight excluding hydrogens is 300 g/mol. The summed E-state index contributed by atoms with van der Waals surface area (Å²) in [4.78, 5) is 25.0. The minimum absolute atomic E-state index is 0.0499. The first-order chi connectivity index (χ1) is 11.7. The third-order valence-corrected chi connectivity index (χ3v) is 4.88. The van der Waals surface area contributed by atoms with Gasteiger partial charge in [0.05, 0.1) is 7.11 Å². The molecule has 3 nitrogen and oxygen atoms in total. The summed E-state index contributed by atoms with van der Waals surface area (Å²) in [6.45, 7) is 0. The van der Waals surface area contributed by atoms with Crippen molar-refractivity contribution >= 4 is 11.6 Å². The van der Waals surface area contributed by atoms with Crippen LogP contribution in [0.2, 0.25) is 0 Å². The second kappa shape index (κ2) is 7.43. The first-order valence-electron chi connectivity index (χ1n) is 8.44. The van der Waals surface area contributed by atoms with Gasteiger partial charge < -0.3 is 4.74 Å². The highest BCUT2D eigenvalue weighted by Gasteiger charge is 2.34. The van der Waals surface area contributed by atoms with Crippen LogP contribution < -0.4 is 4.74 Å². The Morgan fingerprint density at radius 1 is 1.12 bits per heavy atom. The molecular formula is C21H22O3. The van der Waals surface area contributed by atoms with Gasteiger partial charge in [0.1, 0.15) is 11.5 Å². The number of rotatable bonds is 6. The molecule has 0 saturated heterocycles. The summed E-state index contributed by atoms with van der Waals surface area (Å²) in [5.41, 5.74) is 1.75. The van der Waals surface area contributed by atoms with Crippen LogP contribution in [-0.4, -0.2) is 18.7 Å². The third kappa shape index (κ3) is 3.56. The number of Topliss-reactive ketones (excluding diaryl/α,β-unsaturated/α-hetero) is 2. The van der Waals surface area contributed by atoms with Crippen molar-refractivity contribution in [3.63, 3.8) is 0 Å². The molecule has 0 heterocycles. The summed E-state index contributed by atoms with van der Waals surface area (Å²) < 4.78 is 5.21. The summed E-state index contributed by atoms with van der Waals surface area (Å²) in [6.07, 6.45) is 2.80. The zero-order chi connectivity index (χ0) is 16.9. The zero-order valence-corrected chi connectivity index (χ0v) is 13.9. The van der Waals surface area contributed by atoms with Gasteiger partial charge in [-0.1, -0.05) is 42.5 Å². The first-order valence-corrected chi connectivity index (χ1v) is 8.44. The predicted octanol–water partition coefficient (Wildman–Crippen LogP) is 4.42. The zero-order valence-electron chi connectivity index (χ0n) is 13.9. The molecule has 0 radical (unpaired) electrons. The van der Waals surface area contributed by atoms with Crippen molar-refractivity contribution in [3.8, 4) is 5.75 Å². The number of methoxy groups -OCH3 is 1. The monoisotopic (exact) mass is 322 g/mol. The number of ketones is 2. The van der Waals surface area contributed by atoms with E-state index in [0.717, 1.165) is 24.2 Å². The highest BCUT2D eigenvalue weighted by molar-refractivity contribution is 5.97. The molecule has 1 aliphatic rings. The maximum absolute atomic E-state index is 12.7. The van der Waals surface area contributed by atoms with Gasteiger partial charge in [-0.3, -0.25) is 9.59 Å². The summed E-state index contributed by atoms with van der Waals surface area (Å²) in [5.74, 6) is 1.06. The van der Waals surface area contributed by atoms with Gasteiger partial charge in [-0.25, -0.2) is 0 Å². The Kier molecular flexibility index (Phi) is 5.09.